The number of para-hydroxylation sites is 1. The maximum absolute atomic E-state index is 2.42. The van der Waals surface area contributed by atoms with Gasteiger partial charge < -0.3 is 4.57 Å². The topological polar surface area (TPSA) is 4.93 Å². The highest BCUT2D eigenvalue weighted by Crippen LogP contribution is 2.44. The maximum Gasteiger partial charge on any atom is 0.0541 e. The fourth-order valence-electron chi connectivity index (χ4n) is 8.77. The molecule has 0 N–H and O–H groups in total. The van der Waals surface area contributed by atoms with Gasteiger partial charge in [-0.25, -0.2) is 0 Å². The second kappa shape index (κ2) is 11.8. The molecular formula is C52H33N. The van der Waals surface area contributed by atoms with Crippen molar-refractivity contribution >= 4 is 64.9 Å². The summed E-state index contributed by atoms with van der Waals surface area (Å²) in [6.07, 6.45) is 0. The third-order valence-corrected chi connectivity index (χ3v) is 11.2. The maximum atomic E-state index is 2.42. The van der Waals surface area contributed by atoms with E-state index in [9.17, 15) is 0 Å². The fraction of sp³-hybridized carbons (Fsp3) is 0. The fourth-order valence-corrected chi connectivity index (χ4v) is 8.77. The zero-order valence-corrected chi connectivity index (χ0v) is 29.0. The highest BCUT2D eigenvalue weighted by molar-refractivity contribution is 6.22. The summed E-state index contributed by atoms with van der Waals surface area (Å²) >= 11 is 0. The standard InChI is InChI=1S/C52H33N/c1-2-14-37-32-39(25-24-34(37)12-1)52-46-20-7-5-18-44(46)51(45-19-6-8-21-47(45)52)36-26-29-40(30-27-36)53-49-23-10-9-17-43(49)48-33-38(28-31-50(48)53)42-22-11-15-35-13-3-4-16-41(35)42/h1-33H. The van der Waals surface area contributed by atoms with Crippen LogP contribution in [0.4, 0.5) is 0 Å². The molecule has 0 spiro atoms. The van der Waals surface area contributed by atoms with Crippen LogP contribution >= 0.6 is 0 Å². The van der Waals surface area contributed by atoms with Crippen molar-refractivity contribution in [1.29, 1.82) is 0 Å². The molecule has 53 heavy (non-hydrogen) atoms. The predicted molar refractivity (Wildman–Crippen MR) is 227 cm³/mol. The molecule has 246 valence electrons. The number of benzene rings is 10. The number of aromatic nitrogens is 1. The molecule has 0 aliphatic carbocycles. The Kier molecular flexibility index (Phi) is 6.62. The van der Waals surface area contributed by atoms with Gasteiger partial charge in [0.2, 0.25) is 0 Å². The normalized spacial score (nSPS) is 11.8. The van der Waals surface area contributed by atoms with E-state index in [4.69, 9.17) is 0 Å². The van der Waals surface area contributed by atoms with Crippen molar-refractivity contribution in [2.45, 2.75) is 0 Å². The van der Waals surface area contributed by atoms with Crippen LogP contribution in [0.1, 0.15) is 0 Å². The van der Waals surface area contributed by atoms with Gasteiger partial charge in [-0.2, -0.15) is 0 Å². The quantitative estimate of drug-likeness (QED) is 0.164. The van der Waals surface area contributed by atoms with Gasteiger partial charge in [0, 0.05) is 16.5 Å². The van der Waals surface area contributed by atoms with Crippen LogP contribution in [0.3, 0.4) is 0 Å². The predicted octanol–water partition coefficient (Wildman–Crippen LogP) is 14.4. The Bertz CT molecular complexity index is 3150. The molecule has 0 bridgehead atoms. The first-order valence-corrected chi connectivity index (χ1v) is 18.3. The second-order valence-corrected chi connectivity index (χ2v) is 14.1. The minimum Gasteiger partial charge on any atom is -0.309 e. The summed E-state index contributed by atoms with van der Waals surface area (Å²) in [6, 6.07) is 73.5. The van der Waals surface area contributed by atoms with Gasteiger partial charge in [-0.1, -0.05) is 164 Å². The van der Waals surface area contributed by atoms with Crippen LogP contribution in [0.2, 0.25) is 0 Å². The van der Waals surface area contributed by atoms with Crippen LogP contribution in [0.25, 0.3) is 104 Å². The molecule has 0 saturated carbocycles. The second-order valence-electron chi connectivity index (χ2n) is 14.1. The van der Waals surface area contributed by atoms with Gasteiger partial charge >= 0.3 is 0 Å². The van der Waals surface area contributed by atoms with Crippen molar-refractivity contribution in [2.24, 2.45) is 0 Å². The van der Waals surface area contributed by atoms with Crippen molar-refractivity contribution in [3.63, 3.8) is 0 Å². The van der Waals surface area contributed by atoms with Crippen molar-refractivity contribution in [2.75, 3.05) is 0 Å². The molecule has 0 unspecified atom stereocenters. The first-order valence-electron chi connectivity index (χ1n) is 18.3. The van der Waals surface area contributed by atoms with Gasteiger partial charge in [-0.15, -0.1) is 0 Å². The van der Waals surface area contributed by atoms with Crippen LogP contribution in [-0.2, 0) is 0 Å². The summed E-state index contributed by atoms with van der Waals surface area (Å²) in [5.41, 5.74) is 11.1. The molecule has 0 saturated heterocycles. The molecule has 1 aromatic heterocycles. The van der Waals surface area contributed by atoms with Crippen LogP contribution in [0.15, 0.2) is 200 Å². The number of rotatable bonds is 4. The molecule has 0 aliphatic rings. The van der Waals surface area contributed by atoms with E-state index < -0.39 is 0 Å². The van der Waals surface area contributed by atoms with Gasteiger partial charge in [0.15, 0.2) is 0 Å². The third-order valence-electron chi connectivity index (χ3n) is 11.2. The number of fused-ring (bicyclic) bond motifs is 7. The lowest BCUT2D eigenvalue weighted by atomic mass is 9.85. The smallest absolute Gasteiger partial charge is 0.0541 e. The molecule has 0 amide bonds. The molecule has 0 fully saturated rings. The molecule has 11 rings (SSSR count). The lowest BCUT2D eigenvalue weighted by Gasteiger charge is -2.18. The van der Waals surface area contributed by atoms with E-state index in [0.29, 0.717) is 0 Å². The van der Waals surface area contributed by atoms with Crippen molar-refractivity contribution < 1.29 is 0 Å². The average molecular weight is 672 g/mol. The van der Waals surface area contributed by atoms with E-state index >= 15 is 0 Å². The molecule has 1 nitrogen and oxygen atoms in total. The largest absolute Gasteiger partial charge is 0.309 e. The Morgan fingerprint density at radius 3 is 1.49 bits per heavy atom. The molecule has 0 radical (unpaired) electrons. The molecule has 1 heteroatoms. The summed E-state index contributed by atoms with van der Waals surface area (Å²) < 4.78 is 2.42. The first-order chi connectivity index (χ1) is 26.3. The summed E-state index contributed by atoms with van der Waals surface area (Å²) in [5.74, 6) is 0. The van der Waals surface area contributed by atoms with Gasteiger partial charge in [-0.05, 0) is 113 Å². The Balaban J connectivity index is 1.08. The van der Waals surface area contributed by atoms with E-state index in [2.05, 4.69) is 205 Å². The van der Waals surface area contributed by atoms with Crippen LogP contribution in [0.5, 0.6) is 0 Å². The van der Waals surface area contributed by atoms with Gasteiger partial charge in [0.1, 0.15) is 0 Å². The lowest BCUT2D eigenvalue weighted by Crippen LogP contribution is -1.95. The van der Waals surface area contributed by atoms with Crippen LogP contribution < -0.4 is 0 Å². The van der Waals surface area contributed by atoms with E-state index in [1.807, 2.05) is 0 Å². The van der Waals surface area contributed by atoms with E-state index in [1.165, 1.54) is 98.3 Å². The van der Waals surface area contributed by atoms with Crippen LogP contribution in [0, 0.1) is 0 Å². The molecular weight excluding hydrogens is 639 g/mol. The summed E-state index contributed by atoms with van der Waals surface area (Å²) in [6.45, 7) is 0. The SMILES string of the molecule is c1ccc2cc(-c3c4ccccc4c(-c4ccc(-n5c6ccccc6c6cc(-c7cccc8ccccc78)ccc65)cc4)c4ccccc34)ccc2c1. The average Bonchev–Trinajstić information content (AvgIpc) is 3.56. The number of hydrogen-bond donors (Lipinski definition) is 0. The summed E-state index contributed by atoms with van der Waals surface area (Å²) in [5, 5.41) is 12.6. The molecule has 0 aliphatic heterocycles. The molecule has 11 aromatic rings. The van der Waals surface area contributed by atoms with Gasteiger partial charge in [-0.3, -0.25) is 0 Å². The van der Waals surface area contributed by atoms with E-state index in [-0.39, 0.29) is 0 Å². The van der Waals surface area contributed by atoms with Crippen LogP contribution in [-0.4, -0.2) is 4.57 Å². The zero-order chi connectivity index (χ0) is 34.9. The monoisotopic (exact) mass is 671 g/mol. The first kappa shape index (κ1) is 29.7. The highest BCUT2D eigenvalue weighted by atomic mass is 15.0. The molecule has 10 aromatic carbocycles. The number of nitrogens with zero attached hydrogens (tertiary/aromatic N) is 1. The van der Waals surface area contributed by atoms with Crippen molar-refractivity contribution in [3.8, 4) is 39.1 Å². The molecule has 1 heterocycles. The molecule has 0 atom stereocenters. The summed E-state index contributed by atoms with van der Waals surface area (Å²) in [4.78, 5) is 0. The van der Waals surface area contributed by atoms with E-state index in [1.54, 1.807) is 0 Å². The minimum atomic E-state index is 1.15. The minimum absolute atomic E-state index is 1.15. The Morgan fingerprint density at radius 2 is 0.774 bits per heavy atom. The zero-order valence-electron chi connectivity index (χ0n) is 29.0. The Morgan fingerprint density at radius 1 is 0.264 bits per heavy atom. The number of hydrogen-bond acceptors (Lipinski definition) is 0. The third kappa shape index (κ3) is 4.64. The van der Waals surface area contributed by atoms with E-state index in [0.717, 1.165) is 5.69 Å². The van der Waals surface area contributed by atoms with Gasteiger partial charge in [0.05, 0.1) is 11.0 Å². The van der Waals surface area contributed by atoms with Crippen molar-refractivity contribution in [3.05, 3.63) is 200 Å². The van der Waals surface area contributed by atoms with Crippen molar-refractivity contribution in [1.82, 2.24) is 4.57 Å². The summed E-state index contributed by atoms with van der Waals surface area (Å²) in [7, 11) is 0. The Labute approximate surface area is 307 Å². The lowest BCUT2D eigenvalue weighted by molar-refractivity contribution is 1.18. The van der Waals surface area contributed by atoms with Gasteiger partial charge in [0.25, 0.3) is 0 Å². The Hall–Kier alpha value is -6.96. The highest BCUT2D eigenvalue weighted by Gasteiger charge is 2.18.